The highest BCUT2D eigenvalue weighted by Gasteiger charge is 2.44. The molecule has 1 aliphatic carbocycles. The molecule has 0 aromatic carbocycles. The third-order valence-electron chi connectivity index (χ3n) is 4.55. The maximum atomic E-state index is 12.2. The first-order valence-electron chi connectivity index (χ1n) is 6.84. The molecule has 3 nitrogen and oxygen atoms in total. The van der Waals surface area contributed by atoms with Crippen molar-refractivity contribution in [3.63, 3.8) is 0 Å². The fourth-order valence-corrected chi connectivity index (χ4v) is 2.82. The maximum absolute atomic E-state index is 12.2. The highest BCUT2D eigenvalue weighted by atomic mass is 16.1. The Kier molecular flexibility index (Phi) is 5.22. The minimum absolute atomic E-state index is 0.0296. The molecule has 1 fully saturated rings. The van der Waals surface area contributed by atoms with E-state index >= 15 is 0 Å². The van der Waals surface area contributed by atoms with Crippen molar-refractivity contribution in [3.05, 3.63) is 0 Å². The van der Waals surface area contributed by atoms with Gasteiger partial charge in [-0.1, -0.05) is 20.8 Å². The summed E-state index contributed by atoms with van der Waals surface area (Å²) in [6.45, 7) is 8.94. The van der Waals surface area contributed by atoms with Crippen molar-refractivity contribution >= 4 is 5.91 Å². The van der Waals surface area contributed by atoms with Gasteiger partial charge >= 0.3 is 0 Å². The van der Waals surface area contributed by atoms with Crippen LogP contribution < -0.4 is 11.1 Å². The number of nitrogens with one attached hydrogen (secondary N) is 1. The van der Waals surface area contributed by atoms with E-state index in [1.807, 2.05) is 6.92 Å². The van der Waals surface area contributed by atoms with Crippen molar-refractivity contribution in [2.45, 2.75) is 53.0 Å². The predicted octanol–water partition coefficient (Wildman–Crippen LogP) is 1.92. The van der Waals surface area contributed by atoms with Gasteiger partial charge in [0, 0.05) is 24.9 Å². The summed E-state index contributed by atoms with van der Waals surface area (Å²) in [6.07, 6.45) is 2.56. The monoisotopic (exact) mass is 250 g/mol. The third-order valence-corrected chi connectivity index (χ3v) is 4.55. The lowest BCUT2D eigenvalue weighted by Gasteiger charge is -2.46. The van der Waals surface area contributed by atoms with Crippen LogP contribution >= 0.6 is 0 Å². The lowest BCUT2D eigenvalue weighted by molar-refractivity contribution is -0.132. The molecule has 0 aliphatic heterocycles. The van der Waals surface area contributed by atoms with Crippen LogP contribution in [0.2, 0.25) is 0 Å². The largest absolute Gasteiger partial charge is 0.355 e. The predicted molar refractivity (Wildman–Crippen MR) is 74.7 cm³/mol. The van der Waals surface area contributed by atoms with Crippen LogP contribution in [0.4, 0.5) is 0 Å². The van der Waals surface area contributed by atoms with E-state index in [1.165, 1.54) is 0 Å². The lowest BCUT2D eigenvalue weighted by Crippen LogP contribution is -2.51. The zero-order valence-electron chi connectivity index (χ0n) is 12.0. The second-order valence-electron chi connectivity index (χ2n) is 5.87. The Hall–Kier alpha value is -1.01. The summed E-state index contributed by atoms with van der Waals surface area (Å²) < 4.78 is 0. The smallest absolute Gasteiger partial charge is 0.223 e. The van der Waals surface area contributed by atoms with Gasteiger partial charge in [-0.2, -0.15) is 0 Å². The van der Waals surface area contributed by atoms with E-state index in [2.05, 4.69) is 37.9 Å². The molecular weight excluding hydrogens is 224 g/mol. The molecule has 1 amide bonds. The van der Waals surface area contributed by atoms with Crippen molar-refractivity contribution in [3.8, 4) is 11.8 Å². The molecular formula is C15H26N2O. The number of carbonyl (C=O) groups is 1. The first kappa shape index (κ1) is 15.0. The minimum atomic E-state index is -0.0296. The van der Waals surface area contributed by atoms with E-state index < -0.39 is 0 Å². The first-order valence-corrected chi connectivity index (χ1v) is 6.84. The highest BCUT2D eigenvalue weighted by Crippen LogP contribution is 2.44. The van der Waals surface area contributed by atoms with Crippen molar-refractivity contribution in [2.75, 3.05) is 6.54 Å². The van der Waals surface area contributed by atoms with Crippen molar-refractivity contribution in [1.29, 1.82) is 0 Å². The molecule has 0 saturated heterocycles. The van der Waals surface area contributed by atoms with Crippen molar-refractivity contribution in [2.24, 2.45) is 23.0 Å². The Balaban J connectivity index is 2.58. The third kappa shape index (κ3) is 3.26. The molecule has 3 heteroatoms. The molecule has 0 spiro atoms. The second-order valence-corrected chi connectivity index (χ2v) is 5.87. The number of amides is 1. The van der Waals surface area contributed by atoms with Gasteiger partial charge in [0.05, 0.1) is 0 Å². The number of carbonyl (C=O) groups excluding carboxylic acids is 1. The van der Waals surface area contributed by atoms with Crippen LogP contribution in [0, 0.1) is 29.1 Å². The Morgan fingerprint density at radius 2 is 2.11 bits per heavy atom. The first-order chi connectivity index (χ1) is 8.41. The molecule has 0 heterocycles. The van der Waals surface area contributed by atoms with Crippen LogP contribution in [0.5, 0.6) is 0 Å². The number of rotatable bonds is 3. The molecule has 3 unspecified atom stereocenters. The molecule has 0 aromatic rings. The van der Waals surface area contributed by atoms with Crippen LogP contribution in [-0.4, -0.2) is 18.5 Å². The molecule has 1 aliphatic rings. The van der Waals surface area contributed by atoms with E-state index in [1.54, 1.807) is 0 Å². The van der Waals surface area contributed by atoms with E-state index in [4.69, 9.17) is 5.73 Å². The Bertz CT molecular complexity index is 351. The van der Waals surface area contributed by atoms with Gasteiger partial charge in [0.2, 0.25) is 5.91 Å². The van der Waals surface area contributed by atoms with Gasteiger partial charge < -0.3 is 11.1 Å². The average Bonchev–Trinajstić information content (AvgIpc) is 2.31. The quantitative estimate of drug-likeness (QED) is 0.594. The molecule has 0 aromatic heterocycles. The summed E-state index contributed by atoms with van der Waals surface area (Å²) in [5.41, 5.74) is 6.08. The summed E-state index contributed by atoms with van der Waals surface area (Å²) in [4.78, 5) is 12.2. The Labute approximate surface area is 111 Å². The van der Waals surface area contributed by atoms with Crippen molar-refractivity contribution in [1.82, 2.24) is 5.32 Å². The van der Waals surface area contributed by atoms with Crippen LogP contribution in [0.15, 0.2) is 0 Å². The summed E-state index contributed by atoms with van der Waals surface area (Å²) in [7, 11) is 0. The van der Waals surface area contributed by atoms with Gasteiger partial charge in [0.1, 0.15) is 0 Å². The van der Waals surface area contributed by atoms with Crippen molar-refractivity contribution < 1.29 is 4.79 Å². The van der Waals surface area contributed by atoms with Gasteiger partial charge in [0.25, 0.3) is 0 Å². The zero-order chi connectivity index (χ0) is 13.8. The van der Waals surface area contributed by atoms with Gasteiger partial charge in [-0.3, -0.25) is 4.79 Å². The second kappa shape index (κ2) is 6.24. The molecule has 1 rings (SSSR count). The maximum Gasteiger partial charge on any atom is 0.223 e. The average molecular weight is 250 g/mol. The van der Waals surface area contributed by atoms with E-state index in [9.17, 15) is 4.79 Å². The SMILES string of the molecule is CC#CCCNC(=O)C1CCC(N)C(C)C1(C)C. The topological polar surface area (TPSA) is 55.1 Å². The Morgan fingerprint density at radius 3 is 2.72 bits per heavy atom. The fourth-order valence-electron chi connectivity index (χ4n) is 2.82. The molecule has 0 radical (unpaired) electrons. The van der Waals surface area contributed by atoms with Crippen LogP contribution in [0.25, 0.3) is 0 Å². The highest BCUT2D eigenvalue weighted by molar-refractivity contribution is 5.79. The summed E-state index contributed by atoms with van der Waals surface area (Å²) in [5, 5.41) is 3.00. The molecule has 18 heavy (non-hydrogen) atoms. The zero-order valence-corrected chi connectivity index (χ0v) is 12.0. The van der Waals surface area contributed by atoms with E-state index in [0.29, 0.717) is 12.5 Å². The normalized spacial score (nSPS) is 30.2. The molecule has 0 bridgehead atoms. The van der Waals surface area contributed by atoms with Gasteiger partial charge in [0.15, 0.2) is 0 Å². The fraction of sp³-hybridized carbons (Fsp3) is 0.800. The van der Waals surface area contributed by atoms with E-state index in [-0.39, 0.29) is 23.3 Å². The minimum Gasteiger partial charge on any atom is -0.355 e. The summed E-state index contributed by atoms with van der Waals surface area (Å²) in [5.74, 6) is 6.40. The standard InChI is InChI=1S/C15H26N2O/c1-5-6-7-10-17-14(18)12-8-9-13(16)11(2)15(12,3)4/h11-13H,7-10,16H2,1-4H3,(H,17,18). The lowest BCUT2D eigenvalue weighted by atomic mass is 9.61. The summed E-state index contributed by atoms with van der Waals surface area (Å²) >= 11 is 0. The van der Waals surface area contributed by atoms with Crippen LogP contribution in [0.3, 0.4) is 0 Å². The van der Waals surface area contributed by atoms with E-state index in [0.717, 1.165) is 19.3 Å². The van der Waals surface area contributed by atoms with Gasteiger partial charge in [-0.05, 0) is 31.1 Å². The molecule has 102 valence electrons. The molecule has 1 saturated carbocycles. The summed E-state index contributed by atoms with van der Waals surface area (Å²) in [6, 6.07) is 0.218. The number of hydrogen-bond donors (Lipinski definition) is 2. The van der Waals surface area contributed by atoms with Gasteiger partial charge in [-0.25, -0.2) is 0 Å². The Morgan fingerprint density at radius 1 is 1.44 bits per heavy atom. The molecule has 3 atom stereocenters. The van der Waals surface area contributed by atoms with Crippen LogP contribution in [-0.2, 0) is 4.79 Å². The number of hydrogen-bond acceptors (Lipinski definition) is 2. The number of nitrogens with two attached hydrogens (primary N) is 1. The van der Waals surface area contributed by atoms with Crippen LogP contribution in [0.1, 0.15) is 47.0 Å². The molecule has 3 N–H and O–H groups in total. The van der Waals surface area contributed by atoms with Gasteiger partial charge in [-0.15, -0.1) is 11.8 Å².